The minimum absolute atomic E-state index is 0.00955. The fourth-order valence-corrected chi connectivity index (χ4v) is 7.29. The summed E-state index contributed by atoms with van der Waals surface area (Å²) in [4.78, 5) is 44.2. The van der Waals surface area contributed by atoms with Crippen LogP contribution in [0, 0.1) is 18.3 Å². The Morgan fingerprint density at radius 2 is 2.00 bits per heavy atom. The summed E-state index contributed by atoms with van der Waals surface area (Å²) in [6.07, 6.45) is 0.447. The van der Waals surface area contributed by atoms with Gasteiger partial charge < -0.3 is 25.6 Å². The maximum absolute atomic E-state index is 13.9. The zero-order valence-corrected chi connectivity index (χ0v) is 23.6. The van der Waals surface area contributed by atoms with Crippen molar-refractivity contribution >= 4 is 17.5 Å². The van der Waals surface area contributed by atoms with Crippen LogP contribution in [0.3, 0.4) is 0 Å². The van der Waals surface area contributed by atoms with E-state index in [1.807, 2.05) is 29.8 Å². The van der Waals surface area contributed by atoms with Gasteiger partial charge in [0.15, 0.2) is 23.0 Å². The van der Waals surface area contributed by atoms with Gasteiger partial charge >= 0.3 is 0 Å². The van der Waals surface area contributed by atoms with Crippen LogP contribution in [0.25, 0.3) is 0 Å². The first-order valence-corrected chi connectivity index (χ1v) is 13.3. The number of nitrogens with zero attached hydrogens (tertiary/aromatic N) is 3. The first kappa shape index (κ1) is 27.8. The van der Waals surface area contributed by atoms with E-state index >= 15 is 0 Å². The number of methoxy groups -OCH3 is 2. The van der Waals surface area contributed by atoms with Crippen molar-refractivity contribution in [1.82, 2.24) is 15.1 Å². The molecule has 5 aliphatic rings. The van der Waals surface area contributed by atoms with Crippen molar-refractivity contribution < 1.29 is 29.0 Å². The number of nitrogens with one attached hydrogen (secondary N) is 1. The molecule has 2 bridgehead atoms. The predicted octanol–water partition coefficient (Wildman–Crippen LogP) is 0.789. The molecule has 11 heteroatoms. The molecule has 1 fully saturated rings. The Kier molecular flexibility index (Phi) is 6.77. The highest BCUT2D eigenvalue weighted by Crippen LogP contribution is 2.55. The second-order valence-corrected chi connectivity index (χ2v) is 11.3. The number of aromatic hydroxyl groups is 1. The Morgan fingerprint density at radius 3 is 2.60 bits per heavy atom. The predicted molar refractivity (Wildman–Crippen MR) is 144 cm³/mol. The molecule has 0 spiro atoms. The number of amides is 1. The van der Waals surface area contributed by atoms with E-state index in [2.05, 4.69) is 11.4 Å². The van der Waals surface area contributed by atoms with Gasteiger partial charge in [-0.1, -0.05) is 6.07 Å². The van der Waals surface area contributed by atoms with Gasteiger partial charge in [0.1, 0.15) is 5.54 Å². The number of nitriles is 1. The van der Waals surface area contributed by atoms with Crippen LogP contribution in [0.4, 0.5) is 0 Å². The van der Waals surface area contributed by atoms with Gasteiger partial charge in [-0.15, -0.1) is 0 Å². The number of likely N-dealkylation sites (N-methyl/N-ethyl adjacent to an activating group) is 1. The molecule has 1 saturated heterocycles. The monoisotopic (exact) mass is 549 g/mol. The quantitative estimate of drug-likeness (QED) is 0.448. The van der Waals surface area contributed by atoms with Crippen molar-refractivity contribution in [3.63, 3.8) is 0 Å². The Hall–Kier alpha value is -3.72. The Labute approximate surface area is 233 Å². The van der Waals surface area contributed by atoms with Gasteiger partial charge in [0.05, 0.1) is 38.4 Å². The van der Waals surface area contributed by atoms with Crippen LogP contribution in [-0.4, -0.2) is 90.4 Å². The smallest absolute Gasteiger partial charge is 0.236 e. The number of ketones is 2. The number of Topliss-reactive ketones (excluding diaryl/α,β-unsaturated/α-hetero) is 2. The third kappa shape index (κ3) is 3.78. The minimum Gasteiger partial charge on any atom is -0.504 e. The van der Waals surface area contributed by atoms with Crippen LogP contribution in [0.1, 0.15) is 43.0 Å². The Morgan fingerprint density at radius 1 is 1.30 bits per heavy atom. The summed E-state index contributed by atoms with van der Waals surface area (Å²) in [5.41, 5.74) is 7.68. The van der Waals surface area contributed by atoms with Crippen molar-refractivity contribution in [2.75, 3.05) is 34.4 Å². The largest absolute Gasteiger partial charge is 0.504 e. The number of benzene rings is 1. The maximum atomic E-state index is 13.9. The highest BCUT2D eigenvalue weighted by atomic mass is 16.5. The van der Waals surface area contributed by atoms with Crippen molar-refractivity contribution in [3.8, 4) is 17.6 Å². The van der Waals surface area contributed by atoms with Gasteiger partial charge in [-0.3, -0.25) is 24.2 Å². The molecule has 4 heterocycles. The van der Waals surface area contributed by atoms with Gasteiger partial charge in [-0.05, 0) is 45.4 Å². The number of fused-ring (bicyclic) bond motifs is 1. The molecule has 4 N–H and O–H groups in total. The number of nitrogens with two attached hydrogens (primary N) is 1. The molecule has 1 aliphatic carbocycles. The van der Waals surface area contributed by atoms with Crippen LogP contribution in [-0.2, 0) is 25.5 Å². The lowest BCUT2D eigenvalue weighted by Gasteiger charge is -2.58. The van der Waals surface area contributed by atoms with E-state index in [-0.39, 0.29) is 47.8 Å². The molecule has 0 radical (unpaired) electrons. The molecule has 212 valence electrons. The number of aryl methyl sites for hydroxylation is 1. The number of carbonyl (C=O) groups excluding carboxylic acids is 3. The van der Waals surface area contributed by atoms with Crippen LogP contribution in [0.15, 0.2) is 28.5 Å². The maximum Gasteiger partial charge on any atom is 0.236 e. The summed E-state index contributed by atoms with van der Waals surface area (Å²) in [7, 11) is 4.75. The van der Waals surface area contributed by atoms with E-state index < -0.39 is 41.4 Å². The summed E-state index contributed by atoms with van der Waals surface area (Å²) in [6, 6.07) is 2.00. The van der Waals surface area contributed by atoms with Crippen molar-refractivity contribution in [1.29, 1.82) is 5.26 Å². The second-order valence-electron chi connectivity index (χ2n) is 11.3. The summed E-state index contributed by atoms with van der Waals surface area (Å²) in [5, 5.41) is 25.2. The Balaban J connectivity index is 1.76. The SMILES string of the molecule is COC1=C(C)C(=O)C2=C(C1=O)[C@H](CNC(=O)[C@H](C)N)N1C(C2)[C@H]2c3c(cc(C)c(OC)c3O)C[C@]1(C#N)CN2C. The molecular formula is C29H35N5O6. The van der Waals surface area contributed by atoms with Crippen molar-refractivity contribution in [2.24, 2.45) is 5.73 Å². The molecule has 1 aromatic rings. The zero-order chi connectivity index (χ0) is 29.3. The molecule has 5 atom stereocenters. The fraction of sp³-hybridized carbons (Fsp3) is 0.517. The minimum atomic E-state index is -1.14. The molecule has 1 unspecified atom stereocenters. The number of hydrogen-bond donors (Lipinski definition) is 3. The first-order valence-electron chi connectivity index (χ1n) is 13.3. The van der Waals surface area contributed by atoms with Gasteiger partial charge in [0.2, 0.25) is 11.7 Å². The molecule has 40 heavy (non-hydrogen) atoms. The van der Waals surface area contributed by atoms with E-state index in [4.69, 9.17) is 15.2 Å². The number of phenols is 1. The summed E-state index contributed by atoms with van der Waals surface area (Å²) in [6.45, 7) is 5.25. The topological polar surface area (TPSA) is 158 Å². The Bertz CT molecular complexity index is 1440. The lowest BCUT2D eigenvalue weighted by atomic mass is 9.72. The summed E-state index contributed by atoms with van der Waals surface area (Å²) in [5.74, 6) is -0.798. The highest BCUT2D eigenvalue weighted by Gasteiger charge is 2.60. The van der Waals surface area contributed by atoms with E-state index in [9.17, 15) is 24.8 Å². The third-order valence-electron chi connectivity index (χ3n) is 8.86. The van der Waals surface area contributed by atoms with E-state index in [0.29, 0.717) is 23.4 Å². The van der Waals surface area contributed by atoms with Gasteiger partial charge in [-0.2, -0.15) is 5.26 Å². The third-order valence-corrected chi connectivity index (χ3v) is 8.86. The number of ether oxygens (including phenoxy) is 2. The lowest BCUT2D eigenvalue weighted by molar-refractivity contribution is -0.125. The highest BCUT2D eigenvalue weighted by molar-refractivity contribution is 6.25. The number of carbonyl (C=O) groups is 3. The number of rotatable bonds is 5. The number of hydrogen-bond acceptors (Lipinski definition) is 10. The summed E-state index contributed by atoms with van der Waals surface area (Å²) >= 11 is 0. The van der Waals surface area contributed by atoms with Crippen LogP contribution in [0.5, 0.6) is 11.5 Å². The molecule has 1 aromatic carbocycles. The van der Waals surface area contributed by atoms with Gasteiger partial charge in [0, 0.05) is 47.8 Å². The van der Waals surface area contributed by atoms with Gasteiger partial charge in [-0.25, -0.2) is 0 Å². The first-order chi connectivity index (χ1) is 18.9. The zero-order valence-electron chi connectivity index (χ0n) is 23.6. The van der Waals surface area contributed by atoms with Crippen LogP contribution >= 0.6 is 0 Å². The van der Waals surface area contributed by atoms with E-state index in [0.717, 1.165) is 11.1 Å². The van der Waals surface area contributed by atoms with E-state index in [1.165, 1.54) is 14.2 Å². The number of allylic oxidation sites excluding steroid dienone is 2. The molecular weight excluding hydrogens is 514 g/mol. The number of piperazine rings is 1. The average Bonchev–Trinajstić information content (AvgIpc) is 3.11. The van der Waals surface area contributed by atoms with Crippen molar-refractivity contribution in [2.45, 2.75) is 63.3 Å². The fourth-order valence-electron chi connectivity index (χ4n) is 7.29. The van der Waals surface area contributed by atoms with E-state index in [1.54, 1.807) is 13.8 Å². The molecule has 11 nitrogen and oxygen atoms in total. The van der Waals surface area contributed by atoms with Crippen LogP contribution in [0.2, 0.25) is 0 Å². The molecule has 0 aromatic heterocycles. The molecule has 4 aliphatic heterocycles. The second kappa shape index (κ2) is 9.73. The summed E-state index contributed by atoms with van der Waals surface area (Å²) < 4.78 is 10.9. The van der Waals surface area contributed by atoms with Crippen molar-refractivity contribution in [3.05, 3.63) is 45.2 Å². The average molecular weight is 550 g/mol. The normalized spacial score (nSPS) is 28.8. The molecule has 1 amide bonds. The number of phenolic OH excluding ortho intramolecular Hbond substituents is 1. The molecule has 0 saturated carbocycles. The standard InChI is InChI=1S/C29H35N5O6/c1-13-7-16-9-29(11-30)12-33(4)22(20(16)24(36)26(13)39-5)18-8-17-21(25(37)27(40-6)14(2)23(17)35)19(34(18)29)10-32-28(38)15(3)31/h7,15,18-19,22,36H,8-10,12,31H2,1-6H3,(H,32,38)/t15-,18?,19-,22-,29-/m0/s1. The lowest BCUT2D eigenvalue weighted by Crippen LogP contribution is -2.71. The van der Waals surface area contributed by atoms with Gasteiger partial charge in [0.25, 0.3) is 0 Å². The van der Waals surface area contributed by atoms with Crippen LogP contribution < -0.4 is 15.8 Å². The molecule has 6 rings (SSSR count).